The van der Waals surface area contributed by atoms with Gasteiger partial charge < -0.3 is 5.11 Å². The molecule has 0 aliphatic carbocycles. The second-order valence-corrected chi connectivity index (χ2v) is 3.81. The highest BCUT2D eigenvalue weighted by Gasteiger charge is 2.04. The molecule has 0 radical (unpaired) electrons. The van der Waals surface area contributed by atoms with E-state index >= 15 is 0 Å². The van der Waals surface area contributed by atoms with Crippen molar-refractivity contribution < 1.29 is 5.11 Å². The van der Waals surface area contributed by atoms with Crippen molar-refractivity contribution in [1.82, 2.24) is 0 Å². The summed E-state index contributed by atoms with van der Waals surface area (Å²) >= 11 is 0. The van der Waals surface area contributed by atoms with Gasteiger partial charge in [0.15, 0.2) is 0 Å². The number of aliphatic hydroxyl groups is 1. The van der Waals surface area contributed by atoms with E-state index in [0.717, 1.165) is 19.3 Å². The van der Waals surface area contributed by atoms with Crippen molar-refractivity contribution >= 4 is 0 Å². The molecule has 1 nitrogen and oxygen atoms in total. The minimum Gasteiger partial charge on any atom is -0.393 e. The minimum atomic E-state index is -0.271. The molecule has 15 heavy (non-hydrogen) atoms. The summed E-state index contributed by atoms with van der Waals surface area (Å²) in [6, 6.07) is 8.28. The van der Waals surface area contributed by atoms with Crippen LogP contribution in [0.1, 0.15) is 30.9 Å². The molecule has 0 saturated carbocycles. The SMILES string of the molecule is CC#CCCC(O)Cc1cccc(C)c1. The predicted molar refractivity (Wildman–Crippen MR) is 63.6 cm³/mol. The molecule has 1 unspecified atom stereocenters. The highest BCUT2D eigenvalue weighted by Crippen LogP contribution is 2.09. The number of aryl methyl sites for hydroxylation is 1. The second-order valence-electron chi connectivity index (χ2n) is 3.81. The summed E-state index contributed by atoms with van der Waals surface area (Å²) in [6.45, 7) is 3.89. The lowest BCUT2D eigenvalue weighted by Gasteiger charge is -2.09. The third-order valence-corrected chi connectivity index (χ3v) is 2.33. The van der Waals surface area contributed by atoms with Gasteiger partial charge in [-0.15, -0.1) is 11.8 Å². The second kappa shape index (κ2) is 6.27. The van der Waals surface area contributed by atoms with Gasteiger partial charge in [-0.25, -0.2) is 0 Å². The van der Waals surface area contributed by atoms with Crippen LogP contribution in [-0.4, -0.2) is 11.2 Å². The van der Waals surface area contributed by atoms with Gasteiger partial charge in [0.25, 0.3) is 0 Å². The molecule has 1 rings (SSSR count). The zero-order valence-electron chi connectivity index (χ0n) is 9.46. The lowest BCUT2D eigenvalue weighted by molar-refractivity contribution is 0.166. The Balaban J connectivity index is 2.42. The van der Waals surface area contributed by atoms with Gasteiger partial charge in [-0.1, -0.05) is 29.8 Å². The standard InChI is InChI=1S/C14H18O/c1-3-4-5-9-14(15)11-13-8-6-7-12(2)10-13/h6-8,10,14-15H,5,9,11H2,1-2H3. The zero-order chi connectivity index (χ0) is 11.1. The summed E-state index contributed by atoms with van der Waals surface area (Å²) in [6.07, 6.45) is 2.00. The molecule has 0 heterocycles. The van der Waals surface area contributed by atoms with Crippen molar-refractivity contribution in [1.29, 1.82) is 0 Å². The largest absolute Gasteiger partial charge is 0.393 e. The van der Waals surface area contributed by atoms with Crippen LogP contribution in [-0.2, 0) is 6.42 Å². The number of rotatable bonds is 4. The molecule has 0 bridgehead atoms. The Hall–Kier alpha value is -1.26. The molecular weight excluding hydrogens is 184 g/mol. The molecular formula is C14H18O. The lowest BCUT2D eigenvalue weighted by atomic mass is 10.0. The van der Waals surface area contributed by atoms with E-state index in [2.05, 4.69) is 37.0 Å². The van der Waals surface area contributed by atoms with Crippen molar-refractivity contribution in [3.8, 4) is 11.8 Å². The summed E-state index contributed by atoms with van der Waals surface area (Å²) in [7, 11) is 0. The zero-order valence-corrected chi connectivity index (χ0v) is 9.46. The molecule has 1 aromatic rings. The Morgan fingerprint density at radius 2 is 2.20 bits per heavy atom. The van der Waals surface area contributed by atoms with E-state index in [1.807, 2.05) is 13.0 Å². The molecule has 0 saturated heterocycles. The van der Waals surface area contributed by atoms with E-state index in [4.69, 9.17) is 0 Å². The Bertz CT molecular complexity index is 357. The van der Waals surface area contributed by atoms with Crippen molar-refractivity contribution in [3.05, 3.63) is 35.4 Å². The van der Waals surface area contributed by atoms with E-state index in [1.54, 1.807) is 0 Å². The first-order valence-corrected chi connectivity index (χ1v) is 5.35. The van der Waals surface area contributed by atoms with Crippen molar-refractivity contribution in [3.63, 3.8) is 0 Å². The van der Waals surface area contributed by atoms with Crippen LogP contribution < -0.4 is 0 Å². The maximum Gasteiger partial charge on any atom is 0.0589 e. The van der Waals surface area contributed by atoms with Crippen LogP contribution in [0.3, 0.4) is 0 Å². The Kier molecular flexibility index (Phi) is 4.93. The van der Waals surface area contributed by atoms with Crippen molar-refractivity contribution in [2.45, 2.75) is 39.2 Å². The minimum absolute atomic E-state index is 0.271. The predicted octanol–water partition coefficient (Wildman–Crippen LogP) is 2.70. The highest BCUT2D eigenvalue weighted by molar-refractivity contribution is 5.22. The fourth-order valence-electron chi connectivity index (χ4n) is 1.58. The first kappa shape index (κ1) is 11.8. The normalized spacial score (nSPS) is 11.7. The van der Waals surface area contributed by atoms with Crippen LogP contribution in [0, 0.1) is 18.8 Å². The van der Waals surface area contributed by atoms with Crippen LogP contribution >= 0.6 is 0 Å². The maximum atomic E-state index is 9.75. The van der Waals surface area contributed by atoms with Gasteiger partial charge in [0.05, 0.1) is 6.10 Å². The Morgan fingerprint density at radius 1 is 1.40 bits per heavy atom. The van der Waals surface area contributed by atoms with Gasteiger partial charge in [-0.2, -0.15) is 0 Å². The summed E-state index contributed by atoms with van der Waals surface area (Å²) in [5, 5.41) is 9.75. The Labute approximate surface area is 92.1 Å². The summed E-state index contributed by atoms with van der Waals surface area (Å²) in [5.41, 5.74) is 2.44. The van der Waals surface area contributed by atoms with E-state index in [1.165, 1.54) is 11.1 Å². The number of hydrogen-bond donors (Lipinski definition) is 1. The molecule has 0 fully saturated rings. The average Bonchev–Trinajstić information content (AvgIpc) is 2.18. The van der Waals surface area contributed by atoms with Crippen LogP contribution in [0.5, 0.6) is 0 Å². The third-order valence-electron chi connectivity index (χ3n) is 2.33. The smallest absolute Gasteiger partial charge is 0.0589 e. The summed E-state index contributed by atoms with van der Waals surface area (Å²) < 4.78 is 0. The molecule has 80 valence electrons. The van der Waals surface area contributed by atoms with Gasteiger partial charge in [-0.05, 0) is 32.3 Å². The van der Waals surface area contributed by atoms with Crippen LogP contribution in [0.25, 0.3) is 0 Å². The number of benzene rings is 1. The topological polar surface area (TPSA) is 20.2 Å². The van der Waals surface area contributed by atoms with Crippen LogP contribution in [0.2, 0.25) is 0 Å². The molecule has 1 aromatic carbocycles. The first-order chi connectivity index (χ1) is 7.22. The molecule has 0 aliphatic rings. The quantitative estimate of drug-likeness (QED) is 0.744. The molecule has 1 N–H and O–H groups in total. The van der Waals surface area contributed by atoms with Crippen molar-refractivity contribution in [2.24, 2.45) is 0 Å². The van der Waals surface area contributed by atoms with Gasteiger partial charge in [0.1, 0.15) is 0 Å². The van der Waals surface area contributed by atoms with Crippen molar-refractivity contribution in [2.75, 3.05) is 0 Å². The average molecular weight is 202 g/mol. The molecule has 0 spiro atoms. The molecule has 1 heteroatoms. The summed E-state index contributed by atoms with van der Waals surface area (Å²) in [5.74, 6) is 5.80. The van der Waals surface area contributed by atoms with E-state index in [0.29, 0.717) is 0 Å². The number of hydrogen-bond acceptors (Lipinski definition) is 1. The molecule has 0 amide bonds. The van der Waals surface area contributed by atoms with Gasteiger partial charge in [-0.3, -0.25) is 0 Å². The molecule has 0 aromatic heterocycles. The fraction of sp³-hybridized carbons (Fsp3) is 0.429. The highest BCUT2D eigenvalue weighted by atomic mass is 16.3. The maximum absolute atomic E-state index is 9.75. The van der Waals surface area contributed by atoms with Gasteiger partial charge in [0.2, 0.25) is 0 Å². The van der Waals surface area contributed by atoms with E-state index < -0.39 is 0 Å². The van der Waals surface area contributed by atoms with Crippen LogP contribution in [0.4, 0.5) is 0 Å². The fourth-order valence-corrected chi connectivity index (χ4v) is 1.58. The third kappa shape index (κ3) is 4.67. The lowest BCUT2D eigenvalue weighted by Crippen LogP contribution is -2.09. The molecule has 1 atom stereocenters. The van der Waals surface area contributed by atoms with Crippen LogP contribution in [0.15, 0.2) is 24.3 Å². The van der Waals surface area contributed by atoms with E-state index in [-0.39, 0.29) is 6.10 Å². The van der Waals surface area contributed by atoms with Gasteiger partial charge >= 0.3 is 0 Å². The first-order valence-electron chi connectivity index (χ1n) is 5.35. The van der Waals surface area contributed by atoms with E-state index in [9.17, 15) is 5.11 Å². The molecule has 0 aliphatic heterocycles. The van der Waals surface area contributed by atoms with Gasteiger partial charge in [0, 0.05) is 6.42 Å². The summed E-state index contributed by atoms with van der Waals surface area (Å²) in [4.78, 5) is 0. The number of aliphatic hydroxyl groups excluding tert-OH is 1. The Morgan fingerprint density at radius 3 is 2.87 bits per heavy atom. The monoisotopic (exact) mass is 202 g/mol.